The Morgan fingerprint density at radius 2 is 2.10 bits per heavy atom. The largest absolute Gasteiger partial charge is 0.454 e. The number of amides is 2. The molecule has 3 rings (SSSR count). The number of carbonyl (C=O) groups is 1. The van der Waals surface area contributed by atoms with Crippen molar-refractivity contribution in [1.82, 2.24) is 4.98 Å². The average molecular weight is 305 g/mol. The summed E-state index contributed by atoms with van der Waals surface area (Å²) < 4.78 is 10.5. The molecule has 0 saturated carbocycles. The summed E-state index contributed by atoms with van der Waals surface area (Å²) in [6, 6.07) is 4.91. The van der Waals surface area contributed by atoms with Gasteiger partial charge < -0.3 is 14.8 Å². The van der Waals surface area contributed by atoms with Gasteiger partial charge in [0.25, 0.3) is 0 Å². The standard InChI is InChI=1S/C14H15N3O3S/c1-8(2)12-6-15-14(21-12)17-13(18)16-9-3-4-10-11(5-9)20-7-19-10/h3-6,8H,7H2,1-2H3,(H2,15,16,17,18). The minimum absolute atomic E-state index is 0.210. The van der Waals surface area contributed by atoms with Gasteiger partial charge in [-0.2, -0.15) is 0 Å². The summed E-state index contributed by atoms with van der Waals surface area (Å²) in [5, 5.41) is 6.04. The van der Waals surface area contributed by atoms with E-state index in [4.69, 9.17) is 9.47 Å². The van der Waals surface area contributed by atoms with Crippen molar-refractivity contribution >= 4 is 28.2 Å². The third-order valence-corrected chi connectivity index (χ3v) is 4.16. The van der Waals surface area contributed by atoms with E-state index in [-0.39, 0.29) is 12.8 Å². The molecule has 2 heterocycles. The van der Waals surface area contributed by atoms with E-state index in [9.17, 15) is 4.79 Å². The van der Waals surface area contributed by atoms with Gasteiger partial charge in [-0.05, 0) is 18.1 Å². The molecule has 0 aliphatic carbocycles. The summed E-state index contributed by atoms with van der Waals surface area (Å²) in [7, 11) is 0. The van der Waals surface area contributed by atoms with E-state index in [0.717, 1.165) is 4.88 Å². The molecule has 2 N–H and O–H groups in total. The highest BCUT2D eigenvalue weighted by Crippen LogP contribution is 2.34. The van der Waals surface area contributed by atoms with Gasteiger partial charge in [0.2, 0.25) is 6.79 Å². The van der Waals surface area contributed by atoms with E-state index in [1.165, 1.54) is 11.3 Å². The van der Waals surface area contributed by atoms with Gasteiger partial charge in [-0.25, -0.2) is 9.78 Å². The highest BCUT2D eigenvalue weighted by molar-refractivity contribution is 7.15. The Hall–Kier alpha value is -2.28. The summed E-state index contributed by atoms with van der Waals surface area (Å²) in [5.74, 6) is 1.71. The summed E-state index contributed by atoms with van der Waals surface area (Å²) >= 11 is 1.47. The molecule has 0 bridgehead atoms. The van der Waals surface area contributed by atoms with Crippen molar-refractivity contribution in [2.45, 2.75) is 19.8 Å². The minimum Gasteiger partial charge on any atom is -0.454 e. The van der Waals surface area contributed by atoms with Gasteiger partial charge in [-0.3, -0.25) is 5.32 Å². The van der Waals surface area contributed by atoms with Crippen molar-refractivity contribution in [1.29, 1.82) is 0 Å². The molecular weight excluding hydrogens is 290 g/mol. The third kappa shape index (κ3) is 3.08. The number of aromatic nitrogens is 1. The first-order valence-corrected chi connectivity index (χ1v) is 7.37. The molecule has 7 heteroatoms. The number of carbonyl (C=O) groups excluding carboxylic acids is 1. The molecule has 0 unspecified atom stereocenters. The Morgan fingerprint density at radius 1 is 1.29 bits per heavy atom. The predicted molar refractivity (Wildman–Crippen MR) is 81.4 cm³/mol. The van der Waals surface area contributed by atoms with Gasteiger partial charge in [-0.1, -0.05) is 13.8 Å². The zero-order chi connectivity index (χ0) is 14.8. The molecule has 1 aromatic carbocycles. The fraction of sp³-hybridized carbons (Fsp3) is 0.286. The van der Waals surface area contributed by atoms with Crippen molar-refractivity contribution in [3.8, 4) is 11.5 Å². The molecule has 0 saturated heterocycles. The lowest BCUT2D eigenvalue weighted by Crippen LogP contribution is -2.19. The number of anilines is 2. The van der Waals surface area contributed by atoms with Crippen LogP contribution in [0.15, 0.2) is 24.4 Å². The van der Waals surface area contributed by atoms with Crippen molar-refractivity contribution in [3.63, 3.8) is 0 Å². The third-order valence-electron chi connectivity index (χ3n) is 2.94. The highest BCUT2D eigenvalue weighted by atomic mass is 32.1. The molecule has 110 valence electrons. The molecule has 2 amide bonds. The molecule has 1 aromatic heterocycles. The van der Waals surface area contributed by atoms with Crippen LogP contribution in [0.3, 0.4) is 0 Å². The lowest BCUT2D eigenvalue weighted by atomic mass is 10.2. The Kier molecular flexibility index (Phi) is 3.66. The Morgan fingerprint density at radius 3 is 2.86 bits per heavy atom. The highest BCUT2D eigenvalue weighted by Gasteiger charge is 2.14. The predicted octanol–water partition coefficient (Wildman–Crippen LogP) is 3.64. The molecule has 1 aliphatic rings. The van der Waals surface area contributed by atoms with E-state index >= 15 is 0 Å². The van der Waals surface area contributed by atoms with Crippen LogP contribution >= 0.6 is 11.3 Å². The maximum Gasteiger partial charge on any atom is 0.325 e. The second-order valence-electron chi connectivity index (χ2n) is 4.87. The fourth-order valence-electron chi connectivity index (χ4n) is 1.85. The van der Waals surface area contributed by atoms with Crippen LogP contribution in [0, 0.1) is 0 Å². The van der Waals surface area contributed by atoms with Crippen LogP contribution in [0.4, 0.5) is 15.6 Å². The number of benzene rings is 1. The molecule has 6 nitrogen and oxygen atoms in total. The smallest absolute Gasteiger partial charge is 0.325 e. The van der Waals surface area contributed by atoms with Gasteiger partial charge in [0.05, 0.1) is 0 Å². The lowest BCUT2D eigenvalue weighted by Gasteiger charge is -2.06. The van der Waals surface area contributed by atoms with E-state index in [1.54, 1.807) is 24.4 Å². The molecule has 21 heavy (non-hydrogen) atoms. The van der Waals surface area contributed by atoms with Crippen LogP contribution in [-0.2, 0) is 0 Å². The first-order valence-electron chi connectivity index (χ1n) is 6.55. The molecule has 0 atom stereocenters. The van der Waals surface area contributed by atoms with Gasteiger partial charge >= 0.3 is 6.03 Å². The second-order valence-corrected chi connectivity index (χ2v) is 5.93. The first kappa shape index (κ1) is 13.7. The maximum absolute atomic E-state index is 11.9. The number of urea groups is 1. The normalized spacial score (nSPS) is 12.5. The van der Waals surface area contributed by atoms with Gasteiger partial charge in [-0.15, -0.1) is 11.3 Å². The van der Waals surface area contributed by atoms with Crippen LogP contribution in [0.2, 0.25) is 0 Å². The van der Waals surface area contributed by atoms with Crippen LogP contribution in [0.5, 0.6) is 11.5 Å². The molecular formula is C14H15N3O3S. The quantitative estimate of drug-likeness (QED) is 0.908. The fourth-order valence-corrected chi connectivity index (χ4v) is 2.66. The molecule has 1 aliphatic heterocycles. The summed E-state index contributed by atoms with van der Waals surface area (Å²) in [4.78, 5) is 17.2. The van der Waals surface area contributed by atoms with Crippen LogP contribution in [0.25, 0.3) is 0 Å². The number of nitrogens with zero attached hydrogens (tertiary/aromatic N) is 1. The van der Waals surface area contributed by atoms with E-state index in [2.05, 4.69) is 29.5 Å². The number of hydrogen-bond donors (Lipinski definition) is 2. The van der Waals surface area contributed by atoms with Gasteiger partial charge in [0, 0.05) is 22.8 Å². The summed E-state index contributed by atoms with van der Waals surface area (Å²) in [6.45, 7) is 4.38. The Labute approximate surface area is 126 Å². The van der Waals surface area contributed by atoms with Crippen molar-refractivity contribution in [2.24, 2.45) is 0 Å². The first-order chi connectivity index (χ1) is 10.1. The molecule has 0 fully saturated rings. The van der Waals surface area contributed by atoms with E-state index in [1.807, 2.05) is 0 Å². The average Bonchev–Trinajstić information content (AvgIpc) is 3.06. The van der Waals surface area contributed by atoms with Crippen LogP contribution < -0.4 is 20.1 Å². The monoisotopic (exact) mass is 305 g/mol. The number of rotatable bonds is 3. The molecule has 0 spiro atoms. The number of thiazole rings is 1. The second kappa shape index (κ2) is 5.61. The Bertz CT molecular complexity index is 669. The van der Waals surface area contributed by atoms with E-state index in [0.29, 0.717) is 28.2 Å². The van der Waals surface area contributed by atoms with Crippen molar-refractivity contribution < 1.29 is 14.3 Å². The Balaban J connectivity index is 1.63. The van der Waals surface area contributed by atoms with Crippen LogP contribution in [0.1, 0.15) is 24.6 Å². The summed E-state index contributed by atoms with van der Waals surface area (Å²) in [5.41, 5.74) is 0.636. The number of ether oxygens (including phenoxy) is 2. The topological polar surface area (TPSA) is 72.5 Å². The van der Waals surface area contributed by atoms with Crippen molar-refractivity contribution in [3.05, 3.63) is 29.3 Å². The maximum atomic E-state index is 11.9. The molecule has 0 radical (unpaired) electrons. The van der Waals surface area contributed by atoms with Crippen molar-refractivity contribution in [2.75, 3.05) is 17.4 Å². The number of fused-ring (bicyclic) bond motifs is 1. The van der Waals surface area contributed by atoms with Gasteiger partial charge in [0.1, 0.15) is 0 Å². The zero-order valence-corrected chi connectivity index (χ0v) is 12.5. The lowest BCUT2D eigenvalue weighted by molar-refractivity contribution is 0.174. The molecule has 2 aromatic rings. The van der Waals surface area contributed by atoms with Gasteiger partial charge in [0.15, 0.2) is 16.6 Å². The number of nitrogens with one attached hydrogen (secondary N) is 2. The number of hydrogen-bond acceptors (Lipinski definition) is 5. The zero-order valence-electron chi connectivity index (χ0n) is 11.7. The minimum atomic E-state index is -0.335. The SMILES string of the molecule is CC(C)c1cnc(NC(=O)Nc2ccc3c(c2)OCO3)s1. The van der Waals surface area contributed by atoms with Crippen LogP contribution in [-0.4, -0.2) is 17.8 Å². The van der Waals surface area contributed by atoms with E-state index < -0.39 is 0 Å². The summed E-state index contributed by atoms with van der Waals surface area (Å²) in [6.07, 6.45) is 1.78.